The second kappa shape index (κ2) is 9.22. The van der Waals surface area contributed by atoms with E-state index in [0.29, 0.717) is 31.4 Å². The second-order valence-electron chi connectivity index (χ2n) is 12.4. The smallest absolute Gasteiger partial charge is 0.333 e. The number of carbonyl (C=O) groups is 2. The Balaban J connectivity index is 1.38. The maximum Gasteiger partial charge on any atom is 0.333 e. The minimum atomic E-state index is -1.97. The Morgan fingerprint density at radius 2 is 1.93 bits per heavy atom. The summed E-state index contributed by atoms with van der Waals surface area (Å²) in [4.78, 5) is 25.5. The lowest BCUT2D eigenvalue weighted by Gasteiger charge is -2.63. The van der Waals surface area contributed by atoms with Gasteiger partial charge in [-0.2, -0.15) is 5.10 Å². The molecule has 1 N–H and O–H groups in total. The molecule has 1 aromatic carbocycles. The lowest BCUT2D eigenvalue weighted by atomic mass is 9.44. The van der Waals surface area contributed by atoms with Gasteiger partial charge in [0.15, 0.2) is 5.60 Å². The molecular weight excluding hydrogens is 538 g/mol. The van der Waals surface area contributed by atoms with E-state index < -0.39 is 45.2 Å². The van der Waals surface area contributed by atoms with Crippen molar-refractivity contribution in [2.24, 2.45) is 22.7 Å². The van der Waals surface area contributed by atoms with Crippen LogP contribution < -0.4 is 0 Å². The van der Waals surface area contributed by atoms with E-state index in [-0.39, 0.29) is 31.2 Å². The summed E-state index contributed by atoms with van der Waals surface area (Å²) in [6.07, 6.45) is 4.42. The van der Waals surface area contributed by atoms with Gasteiger partial charge in [-0.1, -0.05) is 19.4 Å². The SMILES string of the molecule is COCC(=O)O[C@]1(C(=O)S)CC[C@H]2[C@@H]3CCC4=Cc5c(cnn5-c5ccc(F)cc5)C[C@]4(C)[C@@]3(F)[C@@H](O)C[C@@]21C. The number of methoxy groups -OCH3 is 1. The third-order valence-corrected chi connectivity index (χ3v) is 11.0. The first-order valence-electron chi connectivity index (χ1n) is 13.8. The Bertz CT molecular complexity index is 1410. The van der Waals surface area contributed by atoms with Crippen molar-refractivity contribution >= 4 is 29.8 Å². The average molecular weight is 573 g/mol. The molecule has 10 heteroatoms. The number of ether oxygens (including phenoxy) is 2. The molecule has 1 aromatic heterocycles. The molecule has 0 amide bonds. The van der Waals surface area contributed by atoms with Crippen LogP contribution in [-0.2, 0) is 25.5 Å². The number of halogens is 2. The fraction of sp³-hybridized carbons (Fsp3) is 0.567. The van der Waals surface area contributed by atoms with Gasteiger partial charge in [-0.05, 0) is 80.3 Å². The van der Waals surface area contributed by atoms with Gasteiger partial charge in [0.25, 0.3) is 0 Å². The van der Waals surface area contributed by atoms with E-state index in [4.69, 9.17) is 9.47 Å². The third kappa shape index (κ3) is 3.51. The third-order valence-electron chi connectivity index (χ3n) is 10.7. The summed E-state index contributed by atoms with van der Waals surface area (Å²) < 4.78 is 43.8. The van der Waals surface area contributed by atoms with E-state index in [1.165, 1.54) is 19.2 Å². The summed E-state index contributed by atoms with van der Waals surface area (Å²) in [6.45, 7) is 3.41. The molecule has 7 atom stereocenters. The van der Waals surface area contributed by atoms with Crippen molar-refractivity contribution in [2.45, 2.75) is 69.7 Å². The number of benzene rings is 1. The van der Waals surface area contributed by atoms with Crippen LogP contribution in [0.2, 0.25) is 0 Å². The fourth-order valence-electron chi connectivity index (χ4n) is 8.74. The quantitative estimate of drug-likeness (QED) is 0.401. The molecule has 40 heavy (non-hydrogen) atoms. The first kappa shape index (κ1) is 27.6. The second-order valence-corrected chi connectivity index (χ2v) is 12.8. The Labute approximate surface area is 237 Å². The zero-order chi connectivity index (χ0) is 28.7. The zero-order valence-corrected chi connectivity index (χ0v) is 23.7. The molecule has 1 heterocycles. The molecule has 0 saturated heterocycles. The average Bonchev–Trinajstić information content (AvgIpc) is 3.42. The minimum absolute atomic E-state index is 0.0399. The summed E-state index contributed by atoms with van der Waals surface area (Å²) in [5, 5.41) is 15.7. The molecule has 0 aliphatic heterocycles. The standard InChI is InChI=1S/C30H34F2N2O5S/c1-27-13-17-15-33-34(20-7-5-19(31)6-8-20)23(17)12-18(27)4-9-22-21-10-11-29(26(37)40,39-25(36)16-38-3)28(21,2)14-24(35)30(22,27)32/h5-8,12,15,21-22,24,35H,4,9-11,13-14,16H2,1-3H3,(H,37,40)/t21-,22-,24-,27-,28-,29-,30-/m0/s1. The highest BCUT2D eigenvalue weighted by Gasteiger charge is 2.75. The van der Waals surface area contributed by atoms with Crippen LogP contribution in [0.25, 0.3) is 11.8 Å². The van der Waals surface area contributed by atoms with Crippen LogP contribution in [0.1, 0.15) is 57.2 Å². The molecule has 0 spiro atoms. The van der Waals surface area contributed by atoms with Crippen LogP contribution in [0.5, 0.6) is 0 Å². The van der Waals surface area contributed by atoms with Gasteiger partial charge in [0, 0.05) is 23.9 Å². The van der Waals surface area contributed by atoms with Crippen molar-refractivity contribution in [3.63, 3.8) is 0 Å². The summed E-state index contributed by atoms with van der Waals surface area (Å²) in [7, 11) is 1.37. The van der Waals surface area contributed by atoms with Gasteiger partial charge < -0.3 is 14.6 Å². The van der Waals surface area contributed by atoms with Crippen LogP contribution in [0, 0.1) is 28.5 Å². The highest BCUT2D eigenvalue weighted by molar-refractivity contribution is 7.96. The van der Waals surface area contributed by atoms with E-state index in [1.54, 1.807) is 23.0 Å². The zero-order valence-electron chi connectivity index (χ0n) is 22.8. The Morgan fingerprint density at radius 1 is 1.20 bits per heavy atom. The van der Waals surface area contributed by atoms with Crippen molar-refractivity contribution in [2.75, 3.05) is 13.7 Å². The molecule has 3 fully saturated rings. The minimum Gasteiger partial charge on any atom is -0.448 e. The van der Waals surface area contributed by atoms with E-state index >= 15 is 4.39 Å². The van der Waals surface area contributed by atoms with Gasteiger partial charge in [0.2, 0.25) is 5.12 Å². The van der Waals surface area contributed by atoms with E-state index in [0.717, 1.165) is 16.8 Å². The predicted molar refractivity (Wildman–Crippen MR) is 146 cm³/mol. The highest BCUT2D eigenvalue weighted by atomic mass is 32.1. The maximum absolute atomic E-state index is 17.9. The summed E-state index contributed by atoms with van der Waals surface area (Å²) in [5.74, 6) is -1.87. The van der Waals surface area contributed by atoms with Crippen LogP contribution in [-0.4, -0.2) is 57.1 Å². The first-order valence-corrected chi connectivity index (χ1v) is 14.2. The molecule has 0 bridgehead atoms. The number of aliphatic hydroxyl groups is 1. The van der Waals surface area contributed by atoms with Crippen molar-refractivity contribution < 1.29 is 33.0 Å². The number of allylic oxidation sites excluding steroid dienone is 1. The number of nitrogens with zero attached hydrogens (tertiary/aromatic N) is 2. The number of fused-ring (bicyclic) bond motifs is 6. The van der Waals surface area contributed by atoms with Gasteiger partial charge in [0.1, 0.15) is 18.1 Å². The number of aliphatic hydroxyl groups excluding tert-OH is 1. The largest absolute Gasteiger partial charge is 0.448 e. The maximum atomic E-state index is 17.9. The number of thiol groups is 1. The van der Waals surface area contributed by atoms with Crippen molar-refractivity contribution in [1.82, 2.24) is 9.78 Å². The molecule has 6 rings (SSSR count). The first-order chi connectivity index (χ1) is 18.9. The van der Waals surface area contributed by atoms with Gasteiger partial charge in [-0.15, -0.1) is 12.6 Å². The number of rotatable bonds is 5. The number of alkyl halides is 1. The number of hydrogen-bond acceptors (Lipinski definition) is 6. The monoisotopic (exact) mass is 572 g/mol. The molecular formula is C30H34F2N2O5S. The molecule has 4 aliphatic rings. The lowest BCUT2D eigenvalue weighted by Crippen LogP contribution is -2.70. The summed E-state index contributed by atoms with van der Waals surface area (Å²) in [6, 6.07) is 6.07. The normalized spacial score (nSPS) is 38.0. The summed E-state index contributed by atoms with van der Waals surface area (Å²) in [5.41, 5.74) is -2.21. The van der Waals surface area contributed by atoms with Crippen molar-refractivity contribution in [3.8, 4) is 5.69 Å². The summed E-state index contributed by atoms with van der Waals surface area (Å²) >= 11 is 4.15. The fourth-order valence-corrected chi connectivity index (χ4v) is 9.15. The van der Waals surface area contributed by atoms with Crippen molar-refractivity contribution in [1.29, 1.82) is 0 Å². The molecule has 3 saturated carbocycles. The van der Waals surface area contributed by atoms with Gasteiger partial charge in [-0.3, -0.25) is 4.79 Å². The molecule has 0 radical (unpaired) electrons. The molecule has 4 aliphatic carbocycles. The van der Waals surface area contributed by atoms with E-state index in [9.17, 15) is 19.1 Å². The number of aromatic nitrogens is 2. The van der Waals surface area contributed by atoms with Gasteiger partial charge >= 0.3 is 5.97 Å². The number of carbonyl (C=O) groups excluding carboxylic acids is 2. The Hall–Kier alpha value is -2.56. The van der Waals surface area contributed by atoms with Gasteiger partial charge in [0.05, 0.1) is 23.7 Å². The van der Waals surface area contributed by atoms with Crippen LogP contribution in [0.15, 0.2) is 36.0 Å². The number of hydrogen-bond donors (Lipinski definition) is 2. The van der Waals surface area contributed by atoms with E-state index in [2.05, 4.69) is 17.7 Å². The molecule has 7 nitrogen and oxygen atoms in total. The van der Waals surface area contributed by atoms with Crippen LogP contribution in [0.4, 0.5) is 8.78 Å². The molecule has 214 valence electrons. The van der Waals surface area contributed by atoms with Gasteiger partial charge in [-0.25, -0.2) is 18.3 Å². The molecule has 0 unspecified atom stereocenters. The Morgan fingerprint density at radius 3 is 2.60 bits per heavy atom. The van der Waals surface area contributed by atoms with Crippen molar-refractivity contribution in [3.05, 3.63) is 53.1 Å². The number of esters is 1. The molecule has 2 aromatic rings. The van der Waals surface area contributed by atoms with Crippen LogP contribution >= 0.6 is 12.6 Å². The predicted octanol–water partition coefficient (Wildman–Crippen LogP) is 4.64. The van der Waals surface area contributed by atoms with E-state index in [1.807, 2.05) is 19.9 Å². The highest BCUT2D eigenvalue weighted by Crippen LogP contribution is 2.71. The van der Waals surface area contributed by atoms with Crippen LogP contribution in [0.3, 0.4) is 0 Å². The topological polar surface area (TPSA) is 90.7 Å². The lowest BCUT2D eigenvalue weighted by molar-refractivity contribution is -0.229. The Kier molecular flexibility index (Phi) is 6.37.